The quantitative estimate of drug-likeness (QED) is 0.350. The van der Waals surface area contributed by atoms with Gasteiger partial charge in [0.25, 0.3) is 0 Å². The monoisotopic (exact) mass is 465 g/mol. The van der Waals surface area contributed by atoms with Crippen molar-refractivity contribution < 1.29 is 33.3 Å². The number of ketones is 1. The van der Waals surface area contributed by atoms with Gasteiger partial charge in [-0.1, -0.05) is 6.07 Å². The molecule has 0 N–H and O–H groups in total. The van der Waals surface area contributed by atoms with Gasteiger partial charge < -0.3 is 23.5 Å². The van der Waals surface area contributed by atoms with Gasteiger partial charge in [0.15, 0.2) is 18.1 Å². The molecule has 0 spiro atoms. The number of aromatic nitrogens is 1. The minimum Gasteiger partial charge on any atom is -0.493 e. The van der Waals surface area contributed by atoms with Gasteiger partial charge in [-0.25, -0.2) is 4.79 Å². The maximum absolute atomic E-state index is 12.8. The highest BCUT2D eigenvalue weighted by molar-refractivity contribution is 5.99. The summed E-state index contributed by atoms with van der Waals surface area (Å²) < 4.78 is 22.3. The van der Waals surface area contributed by atoms with E-state index >= 15 is 0 Å². The summed E-state index contributed by atoms with van der Waals surface area (Å²) in [6, 6.07) is 13.8. The number of carbonyl (C=O) groups is 3. The van der Waals surface area contributed by atoms with Crippen LogP contribution in [0.2, 0.25) is 0 Å². The SMILES string of the molecule is COC(=O)c1ccc(-n2c(C)cc(C(=O)COC(=O)Cc3ccc(OC)c(OC)c3)c2C)cc1. The van der Waals surface area contributed by atoms with Crippen molar-refractivity contribution in [2.75, 3.05) is 27.9 Å². The fraction of sp³-hybridized carbons (Fsp3) is 0.269. The molecule has 0 saturated heterocycles. The zero-order chi connectivity index (χ0) is 24.8. The van der Waals surface area contributed by atoms with Crippen LogP contribution in [0.25, 0.3) is 5.69 Å². The first kappa shape index (κ1) is 24.6. The molecule has 0 fully saturated rings. The third-order valence-electron chi connectivity index (χ3n) is 5.44. The molecule has 0 aliphatic heterocycles. The molecule has 8 heteroatoms. The summed E-state index contributed by atoms with van der Waals surface area (Å²) in [4.78, 5) is 36.8. The van der Waals surface area contributed by atoms with E-state index in [4.69, 9.17) is 18.9 Å². The number of nitrogens with zero attached hydrogens (tertiary/aromatic N) is 1. The van der Waals surface area contributed by atoms with Gasteiger partial charge in [-0.05, 0) is 61.9 Å². The van der Waals surface area contributed by atoms with Crippen molar-refractivity contribution in [1.29, 1.82) is 0 Å². The molecule has 0 aliphatic carbocycles. The Kier molecular flexibility index (Phi) is 7.73. The lowest BCUT2D eigenvalue weighted by molar-refractivity contribution is -0.141. The Bertz CT molecular complexity index is 1210. The van der Waals surface area contributed by atoms with Crippen LogP contribution in [-0.4, -0.2) is 50.2 Å². The Balaban J connectivity index is 1.68. The predicted octanol–water partition coefficient (Wildman–Crippen LogP) is 3.87. The molecule has 0 atom stereocenters. The van der Waals surface area contributed by atoms with E-state index in [9.17, 15) is 14.4 Å². The summed E-state index contributed by atoms with van der Waals surface area (Å²) in [7, 11) is 4.38. The van der Waals surface area contributed by atoms with Crippen molar-refractivity contribution in [2.24, 2.45) is 0 Å². The highest BCUT2D eigenvalue weighted by Gasteiger charge is 2.19. The van der Waals surface area contributed by atoms with E-state index in [-0.39, 0.29) is 18.8 Å². The van der Waals surface area contributed by atoms with Crippen LogP contribution >= 0.6 is 0 Å². The van der Waals surface area contributed by atoms with Crippen LogP contribution in [-0.2, 0) is 20.7 Å². The molecule has 0 saturated carbocycles. The third-order valence-corrected chi connectivity index (χ3v) is 5.44. The van der Waals surface area contributed by atoms with Crippen LogP contribution in [0.15, 0.2) is 48.5 Å². The van der Waals surface area contributed by atoms with Gasteiger partial charge in [-0.2, -0.15) is 0 Å². The van der Waals surface area contributed by atoms with Gasteiger partial charge in [0, 0.05) is 22.6 Å². The summed E-state index contributed by atoms with van der Waals surface area (Å²) >= 11 is 0. The van der Waals surface area contributed by atoms with Gasteiger partial charge in [-0.3, -0.25) is 9.59 Å². The molecule has 1 heterocycles. The molecule has 0 amide bonds. The van der Waals surface area contributed by atoms with E-state index in [1.165, 1.54) is 21.3 Å². The minimum absolute atomic E-state index is 0.000794. The number of methoxy groups -OCH3 is 3. The molecule has 3 aromatic rings. The smallest absolute Gasteiger partial charge is 0.337 e. The van der Waals surface area contributed by atoms with Crippen molar-refractivity contribution in [3.63, 3.8) is 0 Å². The molecule has 3 rings (SSSR count). The molecule has 0 unspecified atom stereocenters. The number of benzene rings is 2. The fourth-order valence-corrected chi connectivity index (χ4v) is 3.74. The third kappa shape index (κ3) is 5.28. The average Bonchev–Trinajstić information content (AvgIpc) is 3.15. The second-order valence-corrected chi connectivity index (χ2v) is 7.61. The number of aryl methyl sites for hydroxylation is 1. The topological polar surface area (TPSA) is 93.1 Å². The summed E-state index contributed by atoms with van der Waals surface area (Å²) in [5.74, 6) is -0.168. The Hall–Kier alpha value is -4.07. The summed E-state index contributed by atoms with van der Waals surface area (Å²) in [6.07, 6.45) is -0.000794. The van der Waals surface area contributed by atoms with Crippen molar-refractivity contribution in [2.45, 2.75) is 20.3 Å². The van der Waals surface area contributed by atoms with E-state index in [1.807, 2.05) is 18.4 Å². The maximum Gasteiger partial charge on any atom is 0.337 e. The van der Waals surface area contributed by atoms with E-state index in [2.05, 4.69) is 0 Å². The average molecular weight is 466 g/mol. The van der Waals surface area contributed by atoms with Gasteiger partial charge >= 0.3 is 11.9 Å². The number of rotatable bonds is 9. The number of hydrogen-bond donors (Lipinski definition) is 0. The molecule has 0 bridgehead atoms. The standard InChI is InChI=1S/C26H27NO7/c1-16-12-21(17(2)27(16)20-9-7-19(8-10-20)26(30)33-5)22(28)15-34-25(29)14-18-6-11-23(31-3)24(13-18)32-4/h6-13H,14-15H2,1-5H3. The Morgan fingerprint density at radius 3 is 2.15 bits per heavy atom. The Labute approximate surface area is 198 Å². The van der Waals surface area contributed by atoms with Crippen LogP contribution in [0.5, 0.6) is 11.5 Å². The number of carbonyl (C=O) groups excluding carboxylic acids is 3. The highest BCUT2D eigenvalue weighted by Crippen LogP contribution is 2.28. The van der Waals surface area contributed by atoms with Gasteiger partial charge in [0.2, 0.25) is 5.78 Å². The summed E-state index contributed by atoms with van der Waals surface area (Å²) in [6.45, 7) is 3.33. The second-order valence-electron chi connectivity index (χ2n) is 7.61. The van der Waals surface area contributed by atoms with Crippen molar-refractivity contribution in [1.82, 2.24) is 4.57 Å². The molecule has 1 aromatic heterocycles. The first-order valence-electron chi connectivity index (χ1n) is 10.6. The predicted molar refractivity (Wildman–Crippen MR) is 125 cm³/mol. The van der Waals surface area contributed by atoms with Crippen LogP contribution in [0.3, 0.4) is 0 Å². The summed E-state index contributed by atoms with van der Waals surface area (Å²) in [5, 5.41) is 0. The zero-order valence-electron chi connectivity index (χ0n) is 19.8. The molecule has 8 nitrogen and oxygen atoms in total. The largest absolute Gasteiger partial charge is 0.493 e. The summed E-state index contributed by atoms with van der Waals surface area (Å²) in [5.41, 5.74) is 3.93. The van der Waals surface area contributed by atoms with Crippen LogP contribution in [0.4, 0.5) is 0 Å². The minimum atomic E-state index is -0.521. The van der Waals surface area contributed by atoms with Gasteiger partial charge in [0.05, 0.1) is 33.3 Å². The first-order chi connectivity index (χ1) is 16.3. The van der Waals surface area contributed by atoms with Gasteiger partial charge in [-0.15, -0.1) is 0 Å². The Morgan fingerprint density at radius 2 is 1.53 bits per heavy atom. The fourth-order valence-electron chi connectivity index (χ4n) is 3.74. The van der Waals surface area contributed by atoms with E-state index in [1.54, 1.807) is 48.5 Å². The van der Waals surface area contributed by atoms with E-state index in [0.717, 1.165) is 11.4 Å². The van der Waals surface area contributed by atoms with E-state index in [0.29, 0.717) is 33.9 Å². The van der Waals surface area contributed by atoms with E-state index < -0.39 is 11.9 Å². The number of ether oxygens (including phenoxy) is 4. The number of Topliss-reactive ketones (excluding diaryl/α,β-unsaturated/α-hetero) is 1. The number of hydrogen-bond acceptors (Lipinski definition) is 7. The normalized spacial score (nSPS) is 10.5. The molecular formula is C26H27NO7. The van der Waals surface area contributed by atoms with Crippen molar-refractivity contribution >= 4 is 17.7 Å². The lowest BCUT2D eigenvalue weighted by atomic mass is 10.1. The van der Waals surface area contributed by atoms with Crippen LogP contribution < -0.4 is 9.47 Å². The molecule has 34 heavy (non-hydrogen) atoms. The maximum atomic E-state index is 12.8. The lowest BCUT2D eigenvalue weighted by Gasteiger charge is -2.11. The highest BCUT2D eigenvalue weighted by atomic mass is 16.5. The first-order valence-corrected chi connectivity index (χ1v) is 10.6. The molecular weight excluding hydrogens is 438 g/mol. The van der Waals surface area contributed by atoms with Gasteiger partial charge in [0.1, 0.15) is 0 Å². The molecule has 178 valence electrons. The molecule has 0 aliphatic rings. The lowest BCUT2D eigenvalue weighted by Crippen LogP contribution is -2.16. The van der Waals surface area contributed by atoms with Crippen molar-refractivity contribution in [3.05, 3.63) is 76.6 Å². The van der Waals surface area contributed by atoms with Crippen LogP contribution in [0, 0.1) is 13.8 Å². The van der Waals surface area contributed by atoms with Crippen molar-refractivity contribution in [3.8, 4) is 17.2 Å². The zero-order valence-corrected chi connectivity index (χ0v) is 19.8. The Morgan fingerprint density at radius 1 is 0.853 bits per heavy atom. The van der Waals surface area contributed by atoms with Crippen LogP contribution in [0.1, 0.15) is 37.7 Å². The molecule has 0 radical (unpaired) electrons. The second kappa shape index (κ2) is 10.7. The molecule has 2 aromatic carbocycles. The number of esters is 2.